The van der Waals surface area contributed by atoms with E-state index in [9.17, 15) is 10.5 Å². The molecule has 52 heavy (non-hydrogen) atoms. The normalized spacial score (nSPS) is 12.2. The lowest BCUT2D eigenvalue weighted by atomic mass is 9.98. The van der Waals surface area contributed by atoms with Crippen molar-refractivity contribution in [3.63, 3.8) is 0 Å². The number of para-hydroxylation sites is 3. The summed E-state index contributed by atoms with van der Waals surface area (Å²) in [6.45, 7) is 0. The van der Waals surface area contributed by atoms with Gasteiger partial charge in [0.15, 0.2) is 0 Å². The molecular formula is C46H24N6. The fourth-order valence-electron chi connectivity index (χ4n) is 8.17. The minimum absolute atomic E-state index is 0.596. The van der Waals surface area contributed by atoms with Crippen LogP contribution in [0.5, 0.6) is 0 Å². The summed E-state index contributed by atoms with van der Waals surface area (Å²) in [5, 5.41) is 26.0. The molecule has 0 fully saturated rings. The number of hydrogen-bond acceptors (Lipinski definition) is 5. The molecule has 0 saturated carbocycles. The smallest absolute Gasteiger partial charge is 0.0992 e. The standard InChI is InChI=1S/C46H24N6/c47-25-27-12-15-29(16-13-27)30-17-21-40-37(23-30)35-8-5-11-42-46(35)52(40)41-20-14-28(26-48)22-43(41)51(42)31-18-19-34-36(24-31)32-6-1-2-7-33(32)44-45(34)50-39-10-4-3-9-38(39)49-44/h1-24H. The van der Waals surface area contributed by atoms with E-state index in [2.05, 4.69) is 107 Å². The molecule has 0 unspecified atom stereocenters. The molecule has 0 saturated heterocycles. The lowest BCUT2D eigenvalue weighted by Crippen LogP contribution is -2.18. The SMILES string of the molecule is N#Cc1ccc(-c2ccc3c(c2)c2cccc4c2n3-c2ccc(C#N)cc2N4c2ccc3c(c2)c2ccccc2c2nc4ccccc4nc32)cc1. The van der Waals surface area contributed by atoms with Crippen LogP contribution >= 0.6 is 0 Å². The van der Waals surface area contributed by atoms with E-state index in [1.807, 2.05) is 60.7 Å². The molecule has 8 aromatic carbocycles. The number of nitrogens with zero attached hydrogens (tertiary/aromatic N) is 6. The highest BCUT2D eigenvalue weighted by Crippen LogP contribution is 2.51. The highest BCUT2D eigenvalue weighted by Gasteiger charge is 2.29. The van der Waals surface area contributed by atoms with E-state index in [-0.39, 0.29) is 0 Å². The highest BCUT2D eigenvalue weighted by molar-refractivity contribution is 6.25. The lowest BCUT2D eigenvalue weighted by molar-refractivity contribution is 1.11. The molecule has 0 atom stereocenters. The van der Waals surface area contributed by atoms with E-state index < -0.39 is 0 Å². The number of hydrogen-bond donors (Lipinski definition) is 0. The van der Waals surface area contributed by atoms with E-state index in [0.29, 0.717) is 11.1 Å². The van der Waals surface area contributed by atoms with Gasteiger partial charge in [-0.05, 0) is 94.7 Å². The maximum Gasteiger partial charge on any atom is 0.0992 e. The molecule has 6 heteroatoms. The van der Waals surface area contributed by atoms with Gasteiger partial charge in [0.1, 0.15) is 0 Å². The van der Waals surface area contributed by atoms with Gasteiger partial charge >= 0.3 is 0 Å². The number of fused-ring (bicyclic) bond motifs is 12. The Labute approximate surface area is 297 Å². The van der Waals surface area contributed by atoms with Gasteiger partial charge in [-0.15, -0.1) is 0 Å². The molecule has 1 aliphatic rings. The number of aromatic nitrogens is 3. The summed E-state index contributed by atoms with van der Waals surface area (Å²) < 4.78 is 2.33. The summed E-state index contributed by atoms with van der Waals surface area (Å²) in [7, 11) is 0. The summed E-state index contributed by atoms with van der Waals surface area (Å²) in [5.41, 5.74) is 13.1. The van der Waals surface area contributed by atoms with Crippen molar-refractivity contribution < 1.29 is 0 Å². The number of benzene rings is 8. The molecule has 1 aliphatic heterocycles. The van der Waals surface area contributed by atoms with E-state index in [4.69, 9.17) is 9.97 Å². The summed E-state index contributed by atoms with van der Waals surface area (Å²) in [4.78, 5) is 12.5. The third kappa shape index (κ3) is 3.86. The quantitative estimate of drug-likeness (QED) is 0.136. The van der Waals surface area contributed by atoms with Crippen LogP contribution in [0, 0.1) is 22.7 Å². The van der Waals surface area contributed by atoms with Crippen molar-refractivity contribution in [3.05, 3.63) is 157 Å². The first-order valence-electron chi connectivity index (χ1n) is 17.1. The number of nitriles is 2. The van der Waals surface area contributed by atoms with Gasteiger partial charge in [-0.2, -0.15) is 10.5 Å². The zero-order chi connectivity index (χ0) is 34.5. The molecule has 0 bridgehead atoms. The van der Waals surface area contributed by atoms with Crippen molar-refractivity contribution in [1.29, 1.82) is 10.5 Å². The molecule has 11 rings (SSSR count). The Hall–Kier alpha value is -7.54. The van der Waals surface area contributed by atoms with E-state index in [1.54, 1.807) is 0 Å². The second-order valence-electron chi connectivity index (χ2n) is 13.3. The van der Waals surface area contributed by atoms with Crippen molar-refractivity contribution in [3.8, 4) is 29.0 Å². The van der Waals surface area contributed by atoms with Crippen LogP contribution in [0.4, 0.5) is 17.1 Å². The summed E-state index contributed by atoms with van der Waals surface area (Å²) in [5.74, 6) is 0. The monoisotopic (exact) mass is 660 g/mol. The maximum atomic E-state index is 10.1. The van der Waals surface area contributed by atoms with Gasteiger partial charge in [0.2, 0.25) is 0 Å². The Morgan fingerprint density at radius 3 is 1.88 bits per heavy atom. The largest absolute Gasteiger partial charge is 0.306 e. The zero-order valence-electron chi connectivity index (χ0n) is 27.5. The van der Waals surface area contributed by atoms with Crippen LogP contribution in [-0.4, -0.2) is 14.5 Å². The van der Waals surface area contributed by atoms with E-state index in [1.165, 1.54) is 0 Å². The molecule has 6 nitrogen and oxygen atoms in total. The second kappa shape index (κ2) is 10.5. The van der Waals surface area contributed by atoms with Crippen LogP contribution in [-0.2, 0) is 0 Å². The van der Waals surface area contributed by atoms with Gasteiger partial charge in [-0.1, -0.05) is 72.8 Å². The maximum absolute atomic E-state index is 10.1. The van der Waals surface area contributed by atoms with Gasteiger partial charge in [-0.3, -0.25) is 0 Å². The Morgan fingerprint density at radius 1 is 0.442 bits per heavy atom. The first-order chi connectivity index (χ1) is 25.7. The van der Waals surface area contributed by atoms with Crippen LogP contribution in [0.2, 0.25) is 0 Å². The van der Waals surface area contributed by atoms with Gasteiger partial charge in [0.25, 0.3) is 0 Å². The number of anilines is 3. The fourth-order valence-corrected chi connectivity index (χ4v) is 8.17. The Bertz CT molecular complexity index is 3270. The topological polar surface area (TPSA) is 81.5 Å². The molecule has 2 aromatic heterocycles. The molecule has 0 radical (unpaired) electrons. The van der Waals surface area contributed by atoms with Gasteiger partial charge in [0, 0.05) is 27.2 Å². The Morgan fingerprint density at radius 2 is 1.12 bits per heavy atom. The molecule has 10 aromatic rings. The Kier molecular flexibility index (Phi) is 5.71. The van der Waals surface area contributed by atoms with Crippen molar-refractivity contribution in [2.24, 2.45) is 0 Å². The summed E-state index contributed by atoms with van der Waals surface area (Å²) in [6, 6.07) is 54.4. The van der Waals surface area contributed by atoms with Crippen molar-refractivity contribution in [1.82, 2.24) is 14.5 Å². The molecule has 0 amide bonds. The van der Waals surface area contributed by atoms with Crippen LogP contribution in [0.3, 0.4) is 0 Å². The minimum atomic E-state index is 0.596. The van der Waals surface area contributed by atoms with Gasteiger partial charge in [-0.25, -0.2) is 9.97 Å². The van der Waals surface area contributed by atoms with Crippen molar-refractivity contribution in [2.75, 3.05) is 4.90 Å². The molecule has 3 heterocycles. The first-order valence-corrected chi connectivity index (χ1v) is 17.1. The average molecular weight is 661 g/mol. The van der Waals surface area contributed by atoms with Crippen LogP contribution < -0.4 is 4.90 Å². The highest BCUT2D eigenvalue weighted by atomic mass is 15.2. The van der Waals surface area contributed by atoms with E-state index in [0.717, 1.165) is 99.3 Å². The second-order valence-corrected chi connectivity index (χ2v) is 13.3. The molecule has 0 N–H and O–H groups in total. The molecule has 238 valence electrons. The fraction of sp³-hybridized carbons (Fsp3) is 0. The third-order valence-corrected chi connectivity index (χ3v) is 10.5. The molecule has 0 spiro atoms. The average Bonchev–Trinajstić information content (AvgIpc) is 3.55. The summed E-state index contributed by atoms with van der Waals surface area (Å²) in [6.07, 6.45) is 0. The van der Waals surface area contributed by atoms with Crippen molar-refractivity contribution in [2.45, 2.75) is 0 Å². The van der Waals surface area contributed by atoms with Crippen LogP contribution in [0.25, 0.3) is 82.2 Å². The predicted molar refractivity (Wildman–Crippen MR) is 210 cm³/mol. The van der Waals surface area contributed by atoms with Gasteiger partial charge < -0.3 is 9.47 Å². The van der Waals surface area contributed by atoms with Crippen LogP contribution in [0.15, 0.2) is 146 Å². The Balaban J connectivity index is 1.19. The summed E-state index contributed by atoms with van der Waals surface area (Å²) >= 11 is 0. The van der Waals surface area contributed by atoms with E-state index >= 15 is 0 Å². The lowest BCUT2D eigenvalue weighted by Gasteiger charge is -2.33. The first kappa shape index (κ1) is 28.3. The minimum Gasteiger partial charge on any atom is -0.306 e. The van der Waals surface area contributed by atoms with Crippen LogP contribution in [0.1, 0.15) is 11.1 Å². The zero-order valence-corrected chi connectivity index (χ0v) is 27.5. The van der Waals surface area contributed by atoms with Gasteiger partial charge in [0.05, 0.1) is 73.4 Å². The van der Waals surface area contributed by atoms with Crippen molar-refractivity contribution >= 4 is 82.5 Å². The molecular weight excluding hydrogens is 637 g/mol. The predicted octanol–water partition coefficient (Wildman–Crippen LogP) is 11.4. The molecule has 0 aliphatic carbocycles. The number of rotatable bonds is 2. The third-order valence-electron chi connectivity index (χ3n) is 10.5.